The topological polar surface area (TPSA) is 157 Å². The van der Waals surface area contributed by atoms with Crippen LogP contribution in [0.15, 0.2) is 66.2 Å². The summed E-state index contributed by atoms with van der Waals surface area (Å²) in [7, 11) is 0. The third-order valence-corrected chi connectivity index (χ3v) is 6.75. The van der Waals surface area contributed by atoms with Gasteiger partial charge in [-0.3, -0.25) is 0 Å². The van der Waals surface area contributed by atoms with Crippen LogP contribution in [-0.4, -0.2) is 0 Å². The Morgan fingerprint density at radius 3 is 0.882 bits per heavy atom. The Bertz CT molecular complexity index is 1040. The molecule has 182 valence electrons. The van der Waals surface area contributed by atoms with E-state index in [1.807, 2.05) is 48.5 Å². The Morgan fingerprint density at radius 2 is 0.706 bits per heavy atom. The first-order chi connectivity index (χ1) is 16.4. The van der Waals surface area contributed by atoms with Crippen LogP contribution in [0.4, 0.5) is 0 Å². The monoisotopic (exact) mass is 466 g/mol. The molecule has 4 aromatic rings. The van der Waals surface area contributed by atoms with E-state index < -0.39 is 10.8 Å². The van der Waals surface area contributed by atoms with Crippen LogP contribution in [0.25, 0.3) is 0 Å². The van der Waals surface area contributed by atoms with Crippen molar-refractivity contribution in [2.75, 3.05) is 0 Å². The average molecular weight is 467 g/mol. The lowest BCUT2D eigenvalue weighted by molar-refractivity contribution is 0.258. The molecule has 4 rings (SSSR count). The zero-order chi connectivity index (χ0) is 24.3. The number of nitrogens with two attached hydrogens (primary N) is 4. The molecule has 0 aliphatic carbocycles. The first-order valence-electron chi connectivity index (χ1n) is 11.5. The van der Waals surface area contributed by atoms with Crippen LogP contribution < -0.4 is 22.9 Å². The van der Waals surface area contributed by atoms with Crippen molar-refractivity contribution in [3.8, 4) is 0 Å². The van der Waals surface area contributed by atoms with Crippen LogP contribution in [0, 0.1) is 0 Å². The standard InChI is InChI=1S/C26H34N4O4/c1-25(21-7-3-17(13-27)31-21,22-8-4-18(14-28)32-22)11-12-26(2,23-9-5-19(15-29)33-23)24-10-6-20(16-30)34-24/h3-10H,11-16,27-30H2,1-2H3. The summed E-state index contributed by atoms with van der Waals surface area (Å²) < 4.78 is 24.5. The predicted octanol–water partition coefficient (Wildman–Crippen LogP) is 3.99. The van der Waals surface area contributed by atoms with E-state index >= 15 is 0 Å². The third-order valence-electron chi connectivity index (χ3n) is 6.75. The van der Waals surface area contributed by atoms with Gasteiger partial charge in [-0.2, -0.15) is 0 Å². The maximum Gasteiger partial charge on any atom is 0.117 e. The molecule has 0 aliphatic heterocycles. The SMILES string of the molecule is CC(CCC(C)(c1ccc(CN)o1)c1ccc(CN)o1)(c1ccc(CN)o1)c1ccc(CN)o1. The Hall–Kier alpha value is -3.04. The van der Waals surface area contributed by atoms with Crippen molar-refractivity contribution in [2.45, 2.75) is 63.7 Å². The average Bonchev–Trinajstić information content (AvgIpc) is 3.67. The molecule has 0 aromatic carbocycles. The van der Waals surface area contributed by atoms with Gasteiger partial charge in [0, 0.05) is 0 Å². The molecule has 0 radical (unpaired) electrons. The molecule has 0 unspecified atom stereocenters. The number of furan rings is 4. The molecule has 8 nitrogen and oxygen atoms in total. The van der Waals surface area contributed by atoms with Crippen molar-refractivity contribution in [1.82, 2.24) is 0 Å². The molecule has 0 amide bonds. The molecular weight excluding hydrogens is 432 g/mol. The Kier molecular flexibility index (Phi) is 6.86. The molecule has 0 aliphatic rings. The van der Waals surface area contributed by atoms with Crippen LogP contribution in [-0.2, 0) is 37.0 Å². The molecule has 8 N–H and O–H groups in total. The summed E-state index contributed by atoms with van der Waals surface area (Å²) in [5, 5.41) is 0. The number of hydrogen-bond donors (Lipinski definition) is 4. The van der Waals surface area contributed by atoms with E-state index in [1.165, 1.54) is 0 Å². The normalized spacial score (nSPS) is 12.5. The van der Waals surface area contributed by atoms with Crippen molar-refractivity contribution >= 4 is 0 Å². The second-order valence-corrected chi connectivity index (χ2v) is 9.04. The molecule has 0 bridgehead atoms. The fraction of sp³-hybridized carbons (Fsp3) is 0.385. The summed E-state index contributed by atoms with van der Waals surface area (Å²) >= 11 is 0. The van der Waals surface area contributed by atoms with Gasteiger partial charge in [-0.25, -0.2) is 0 Å². The zero-order valence-electron chi connectivity index (χ0n) is 19.8. The van der Waals surface area contributed by atoms with Gasteiger partial charge in [0.1, 0.15) is 46.1 Å². The van der Waals surface area contributed by atoms with Crippen LogP contribution in [0.2, 0.25) is 0 Å². The van der Waals surface area contributed by atoms with Gasteiger partial charge >= 0.3 is 0 Å². The molecular formula is C26H34N4O4. The quantitative estimate of drug-likeness (QED) is 0.258. The predicted molar refractivity (Wildman–Crippen MR) is 129 cm³/mol. The second kappa shape index (κ2) is 9.68. The van der Waals surface area contributed by atoms with Gasteiger partial charge in [-0.05, 0) is 75.2 Å². The summed E-state index contributed by atoms with van der Waals surface area (Å²) in [4.78, 5) is 0. The summed E-state index contributed by atoms with van der Waals surface area (Å²) in [6.07, 6.45) is 1.33. The van der Waals surface area contributed by atoms with Crippen LogP contribution >= 0.6 is 0 Å². The first-order valence-corrected chi connectivity index (χ1v) is 11.5. The summed E-state index contributed by atoms with van der Waals surface area (Å²) in [6, 6.07) is 15.5. The Balaban J connectivity index is 1.75. The first kappa shape index (κ1) is 24.1. The minimum absolute atomic E-state index is 0.322. The van der Waals surface area contributed by atoms with Crippen molar-refractivity contribution in [2.24, 2.45) is 22.9 Å². The van der Waals surface area contributed by atoms with Crippen molar-refractivity contribution in [3.63, 3.8) is 0 Å². The molecule has 8 heteroatoms. The van der Waals surface area contributed by atoms with E-state index in [0.717, 1.165) is 23.0 Å². The minimum Gasteiger partial charge on any atom is -0.464 e. The highest BCUT2D eigenvalue weighted by molar-refractivity contribution is 5.33. The van der Waals surface area contributed by atoms with Gasteiger partial charge < -0.3 is 40.6 Å². The van der Waals surface area contributed by atoms with E-state index in [0.29, 0.717) is 62.1 Å². The fourth-order valence-corrected chi connectivity index (χ4v) is 4.37. The molecule has 0 atom stereocenters. The van der Waals surface area contributed by atoms with Crippen LogP contribution in [0.3, 0.4) is 0 Å². The van der Waals surface area contributed by atoms with E-state index in [1.54, 1.807) is 0 Å². The molecule has 0 spiro atoms. The molecule has 4 heterocycles. The van der Waals surface area contributed by atoms with Gasteiger partial charge in [0.2, 0.25) is 0 Å². The van der Waals surface area contributed by atoms with Crippen molar-refractivity contribution in [1.29, 1.82) is 0 Å². The third kappa shape index (κ3) is 4.37. The zero-order valence-corrected chi connectivity index (χ0v) is 19.8. The second-order valence-electron chi connectivity index (χ2n) is 9.04. The summed E-state index contributed by atoms with van der Waals surface area (Å²) in [6.45, 7) is 5.50. The highest BCUT2D eigenvalue weighted by atomic mass is 16.4. The lowest BCUT2D eigenvalue weighted by atomic mass is 9.72. The smallest absolute Gasteiger partial charge is 0.117 e. The van der Waals surface area contributed by atoms with Crippen molar-refractivity contribution in [3.05, 3.63) is 94.6 Å². The Labute approximate surface area is 199 Å². The van der Waals surface area contributed by atoms with Crippen LogP contribution in [0.1, 0.15) is 72.8 Å². The fourth-order valence-electron chi connectivity index (χ4n) is 4.37. The highest BCUT2D eigenvalue weighted by Crippen LogP contribution is 2.45. The van der Waals surface area contributed by atoms with E-state index in [4.69, 9.17) is 40.6 Å². The molecule has 4 aromatic heterocycles. The van der Waals surface area contributed by atoms with Crippen LogP contribution in [0.5, 0.6) is 0 Å². The lowest BCUT2D eigenvalue weighted by Gasteiger charge is -2.32. The van der Waals surface area contributed by atoms with E-state index in [-0.39, 0.29) is 0 Å². The van der Waals surface area contributed by atoms with E-state index in [9.17, 15) is 0 Å². The van der Waals surface area contributed by atoms with E-state index in [2.05, 4.69) is 13.8 Å². The van der Waals surface area contributed by atoms with Gasteiger partial charge in [0.15, 0.2) is 0 Å². The maximum atomic E-state index is 6.12. The summed E-state index contributed by atoms with van der Waals surface area (Å²) in [5.74, 6) is 5.96. The highest BCUT2D eigenvalue weighted by Gasteiger charge is 2.42. The number of hydrogen-bond acceptors (Lipinski definition) is 8. The van der Waals surface area contributed by atoms with Crippen molar-refractivity contribution < 1.29 is 17.7 Å². The molecule has 0 saturated carbocycles. The molecule has 34 heavy (non-hydrogen) atoms. The van der Waals surface area contributed by atoms with Gasteiger partial charge in [0.25, 0.3) is 0 Å². The Morgan fingerprint density at radius 1 is 0.471 bits per heavy atom. The molecule has 0 saturated heterocycles. The van der Waals surface area contributed by atoms with Gasteiger partial charge in [-0.1, -0.05) is 0 Å². The maximum absolute atomic E-state index is 6.12. The van der Waals surface area contributed by atoms with Gasteiger partial charge in [-0.15, -0.1) is 0 Å². The summed E-state index contributed by atoms with van der Waals surface area (Å²) in [5.41, 5.74) is 22.1. The largest absolute Gasteiger partial charge is 0.464 e. The minimum atomic E-state index is -0.575. The molecule has 0 fully saturated rings. The lowest BCUT2D eigenvalue weighted by Crippen LogP contribution is -2.29. The van der Waals surface area contributed by atoms with Gasteiger partial charge in [0.05, 0.1) is 37.0 Å². The number of rotatable bonds is 11.